The number of fused-ring (bicyclic) bond motifs is 2. The molecule has 18 heavy (non-hydrogen) atoms. The van der Waals surface area contributed by atoms with Crippen molar-refractivity contribution in [3.05, 3.63) is 34.4 Å². The highest BCUT2D eigenvalue weighted by Gasteiger charge is 2.33. The maximum atomic E-state index is 12.1. The summed E-state index contributed by atoms with van der Waals surface area (Å²) in [4.78, 5) is 24.0. The molecular formula is C16H18O2. The second-order valence-electron chi connectivity index (χ2n) is 6.14. The molecule has 0 saturated carbocycles. The molecule has 0 fully saturated rings. The molecular weight excluding hydrogens is 224 g/mol. The van der Waals surface area contributed by atoms with Gasteiger partial charge in [-0.3, -0.25) is 9.59 Å². The fourth-order valence-corrected chi connectivity index (χ4v) is 3.17. The van der Waals surface area contributed by atoms with E-state index in [0.29, 0.717) is 12.8 Å². The Kier molecular flexibility index (Phi) is 2.44. The van der Waals surface area contributed by atoms with Crippen LogP contribution >= 0.6 is 0 Å². The van der Waals surface area contributed by atoms with Gasteiger partial charge in [0.15, 0.2) is 11.6 Å². The topological polar surface area (TPSA) is 34.1 Å². The van der Waals surface area contributed by atoms with Crippen LogP contribution in [0.15, 0.2) is 12.1 Å². The fourth-order valence-electron chi connectivity index (χ4n) is 3.17. The summed E-state index contributed by atoms with van der Waals surface area (Å²) in [6.45, 7) is 4.38. The molecule has 0 saturated heterocycles. The van der Waals surface area contributed by atoms with Crippen molar-refractivity contribution in [1.29, 1.82) is 0 Å². The van der Waals surface area contributed by atoms with Crippen LogP contribution in [0.3, 0.4) is 0 Å². The average Bonchev–Trinajstić information content (AvgIpc) is 2.34. The molecule has 2 nitrogen and oxygen atoms in total. The Labute approximate surface area is 107 Å². The van der Waals surface area contributed by atoms with Crippen molar-refractivity contribution in [1.82, 2.24) is 0 Å². The van der Waals surface area contributed by atoms with Crippen LogP contribution in [0.25, 0.3) is 0 Å². The van der Waals surface area contributed by atoms with Crippen molar-refractivity contribution < 1.29 is 9.59 Å². The molecule has 0 aromatic heterocycles. The van der Waals surface area contributed by atoms with Crippen LogP contribution < -0.4 is 0 Å². The van der Waals surface area contributed by atoms with Crippen LogP contribution in [-0.4, -0.2) is 11.6 Å². The van der Waals surface area contributed by atoms with E-state index in [1.807, 2.05) is 6.07 Å². The Morgan fingerprint density at radius 2 is 1.67 bits per heavy atom. The largest absolute Gasteiger partial charge is 0.294 e. The summed E-state index contributed by atoms with van der Waals surface area (Å²) in [6, 6.07) is 3.99. The molecule has 2 heteroatoms. The Morgan fingerprint density at radius 1 is 0.944 bits per heavy atom. The Balaban J connectivity index is 2.24. The number of hydrogen-bond acceptors (Lipinski definition) is 2. The van der Waals surface area contributed by atoms with Gasteiger partial charge in [-0.25, -0.2) is 0 Å². The van der Waals surface area contributed by atoms with Gasteiger partial charge in [-0.2, -0.15) is 0 Å². The van der Waals surface area contributed by atoms with Gasteiger partial charge < -0.3 is 0 Å². The lowest BCUT2D eigenvalue weighted by Gasteiger charge is -2.33. The summed E-state index contributed by atoms with van der Waals surface area (Å²) < 4.78 is 0. The standard InChI is InChI=1S/C16H18O2/c1-16(2)7-6-15(18)12-9-11-10(8-13(12)16)4-3-5-14(11)17/h8-9H,3-7H2,1-2H3. The maximum Gasteiger partial charge on any atom is 0.163 e. The number of aryl methyl sites for hydroxylation is 1. The van der Waals surface area contributed by atoms with Crippen molar-refractivity contribution >= 4 is 11.6 Å². The van der Waals surface area contributed by atoms with E-state index >= 15 is 0 Å². The lowest BCUT2D eigenvalue weighted by Crippen LogP contribution is -2.28. The van der Waals surface area contributed by atoms with E-state index in [1.54, 1.807) is 0 Å². The zero-order chi connectivity index (χ0) is 12.9. The number of benzene rings is 1. The van der Waals surface area contributed by atoms with Crippen LogP contribution in [-0.2, 0) is 11.8 Å². The number of ketones is 2. The summed E-state index contributed by atoms with van der Waals surface area (Å²) in [6.07, 6.45) is 4.06. The molecule has 0 spiro atoms. The second-order valence-corrected chi connectivity index (χ2v) is 6.14. The molecule has 0 atom stereocenters. The van der Waals surface area contributed by atoms with Gasteiger partial charge in [0.25, 0.3) is 0 Å². The first-order valence-electron chi connectivity index (χ1n) is 6.73. The van der Waals surface area contributed by atoms with Crippen molar-refractivity contribution in [2.45, 2.75) is 51.4 Å². The molecule has 0 bridgehead atoms. The van der Waals surface area contributed by atoms with Gasteiger partial charge in [0.05, 0.1) is 0 Å². The third-order valence-corrected chi connectivity index (χ3v) is 4.40. The van der Waals surface area contributed by atoms with Crippen LogP contribution in [0.5, 0.6) is 0 Å². The van der Waals surface area contributed by atoms with E-state index < -0.39 is 0 Å². The van der Waals surface area contributed by atoms with Crippen molar-refractivity contribution in [2.75, 3.05) is 0 Å². The Bertz CT molecular complexity index is 552. The number of hydrogen-bond donors (Lipinski definition) is 0. The van der Waals surface area contributed by atoms with E-state index in [1.165, 1.54) is 0 Å². The molecule has 2 aliphatic carbocycles. The van der Waals surface area contributed by atoms with Crippen LogP contribution in [0, 0.1) is 0 Å². The van der Waals surface area contributed by atoms with Crippen LogP contribution in [0.2, 0.25) is 0 Å². The monoisotopic (exact) mass is 242 g/mol. The fraction of sp³-hybridized carbons (Fsp3) is 0.500. The Morgan fingerprint density at radius 3 is 2.44 bits per heavy atom. The zero-order valence-corrected chi connectivity index (χ0v) is 11.0. The number of rotatable bonds is 0. The predicted octanol–water partition coefficient (Wildman–Crippen LogP) is 3.46. The summed E-state index contributed by atoms with van der Waals surface area (Å²) in [7, 11) is 0. The second kappa shape index (κ2) is 3.78. The maximum absolute atomic E-state index is 12.1. The first-order valence-corrected chi connectivity index (χ1v) is 6.73. The van der Waals surface area contributed by atoms with Crippen LogP contribution in [0.4, 0.5) is 0 Å². The molecule has 0 heterocycles. The van der Waals surface area contributed by atoms with Gasteiger partial charge >= 0.3 is 0 Å². The highest BCUT2D eigenvalue weighted by Crippen LogP contribution is 2.39. The summed E-state index contributed by atoms with van der Waals surface area (Å²) in [5, 5.41) is 0. The third-order valence-electron chi connectivity index (χ3n) is 4.40. The first-order chi connectivity index (χ1) is 8.49. The summed E-state index contributed by atoms with van der Waals surface area (Å²) in [5.74, 6) is 0.403. The van der Waals surface area contributed by atoms with E-state index in [4.69, 9.17) is 0 Å². The lowest BCUT2D eigenvalue weighted by atomic mass is 9.70. The van der Waals surface area contributed by atoms with Gasteiger partial charge in [0, 0.05) is 24.0 Å². The summed E-state index contributed by atoms with van der Waals surface area (Å²) in [5.41, 5.74) is 3.94. The van der Waals surface area contributed by atoms with Crippen molar-refractivity contribution in [3.8, 4) is 0 Å². The minimum atomic E-state index is 0.0543. The molecule has 1 aromatic carbocycles. The smallest absolute Gasteiger partial charge is 0.163 e. The average molecular weight is 242 g/mol. The molecule has 0 N–H and O–H groups in total. The molecule has 1 aromatic rings. The van der Waals surface area contributed by atoms with E-state index in [0.717, 1.165) is 41.5 Å². The number of carbonyl (C=O) groups is 2. The quantitative estimate of drug-likeness (QED) is 0.698. The normalized spacial score (nSPS) is 21.4. The minimum absolute atomic E-state index is 0.0543. The summed E-state index contributed by atoms with van der Waals surface area (Å²) >= 11 is 0. The Hall–Kier alpha value is -1.44. The van der Waals surface area contributed by atoms with Gasteiger partial charge in [-0.05, 0) is 41.9 Å². The highest BCUT2D eigenvalue weighted by molar-refractivity contribution is 6.04. The van der Waals surface area contributed by atoms with E-state index in [-0.39, 0.29) is 17.0 Å². The van der Waals surface area contributed by atoms with Gasteiger partial charge in [0.2, 0.25) is 0 Å². The van der Waals surface area contributed by atoms with Gasteiger partial charge in [-0.15, -0.1) is 0 Å². The number of Topliss-reactive ketones (excluding diaryl/α,β-unsaturated/α-hetero) is 2. The third kappa shape index (κ3) is 1.63. The predicted molar refractivity (Wildman–Crippen MR) is 70.3 cm³/mol. The van der Waals surface area contributed by atoms with Crippen LogP contribution in [0.1, 0.15) is 71.4 Å². The molecule has 2 aliphatic rings. The molecule has 3 rings (SSSR count). The lowest BCUT2D eigenvalue weighted by molar-refractivity contribution is 0.0956. The van der Waals surface area contributed by atoms with Crippen molar-refractivity contribution in [2.24, 2.45) is 0 Å². The number of carbonyl (C=O) groups excluding carboxylic acids is 2. The zero-order valence-electron chi connectivity index (χ0n) is 11.0. The minimum Gasteiger partial charge on any atom is -0.294 e. The molecule has 0 unspecified atom stereocenters. The molecule has 0 radical (unpaired) electrons. The highest BCUT2D eigenvalue weighted by atomic mass is 16.1. The SMILES string of the molecule is CC1(C)CCC(=O)c2cc3c(cc21)CCCC3=O. The molecule has 0 aliphatic heterocycles. The van der Waals surface area contributed by atoms with Gasteiger partial charge in [0.1, 0.15) is 0 Å². The van der Waals surface area contributed by atoms with Crippen molar-refractivity contribution in [3.63, 3.8) is 0 Å². The molecule has 94 valence electrons. The molecule has 0 amide bonds. The first kappa shape index (κ1) is 11.6. The van der Waals surface area contributed by atoms with E-state index in [2.05, 4.69) is 19.9 Å². The van der Waals surface area contributed by atoms with Gasteiger partial charge in [-0.1, -0.05) is 19.9 Å². The van der Waals surface area contributed by atoms with E-state index in [9.17, 15) is 9.59 Å².